The second kappa shape index (κ2) is 11.1. The Balaban J connectivity index is 1.19. The highest BCUT2D eigenvalue weighted by molar-refractivity contribution is 5.79. The Hall–Kier alpha value is -4.97. The maximum absolute atomic E-state index is 12.5. The number of nitrogens with zero attached hydrogens (tertiary/aromatic N) is 5. The fourth-order valence-electron chi connectivity index (χ4n) is 5.29. The summed E-state index contributed by atoms with van der Waals surface area (Å²) in [5.41, 5.74) is 4.71. The van der Waals surface area contributed by atoms with E-state index in [1.165, 1.54) is 5.56 Å². The first kappa shape index (κ1) is 27.2. The molecular weight excluding hydrogens is 528 g/mol. The molecule has 0 saturated carbocycles. The number of ether oxygens (including phenoxy) is 2. The predicted octanol–water partition coefficient (Wildman–Crippen LogP) is 6.57. The number of anilines is 3. The highest BCUT2D eigenvalue weighted by atomic mass is 16.6. The molecule has 42 heavy (non-hydrogen) atoms. The molecule has 214 valence electrons. The van der Waals surface area contributed by atoms with Crippen LogP contribution in [-0.4, -0.2) is 52.6 Å². The normalized spacial score (nSPS) is 14.6. The molecule has 0 bridgehead atoms. The average Bonchev–Trinajstić information content (AvgIpc) is 3.23. The molecule has 1 N–H and O–H groups in total. The van der Waals surface area contributed by atoms with Crippen LogP contribution in [-0.2, 0) is 17.7 Å². The predicted molar refractivity (Wildman–Crippen MR) is 162 cm³/mol. The average molecular weight is 563 g/mol. The molecule has 0 atom stereocenters. The Morgan fingerprint density at radius 3 is 2.33 bits per heavy atom. The number of nitrogens with one attached hydrogen (secondary N) is 1. The van der Waals surface area contributed by atoms with Gasteiger partial charge in [-0.05, 0) is 81.3 Å². The monoisotopic (exact) mass is 562 g/mol. The van der Waals surface area contributed by atoms with Crippen LogP contribution in [0.25, 0.3) is 11.3 Å². The number of carbonyl (C=O) groups is 1. The van der Waals surface area contributed by atoms with Gasteiger partial charge < -0.3 is 24.6 Å². The summed E-state index contributed by atoms with van der Waals surface area (Å²) >= 11 is 0. The molecule has 6 rings (SSSR count). The highest BCUT2D eigenvalue weighted by Crippen LogP contribution is 2.36. The second-order valence-electron chi connectivity index (χ2n) is 11.5. The summed E-state index contributed by atoms with van der Waals surface area (Å²) in [6, 6.07) is 26.1. The van der Waals surface area contributed by atoms with Crippen LogP contribution in [0, 0.1) is 11.3 Å². The molecule has 1 amide bonds. The molecule has 3 aromatic carbocycles. The van der Waals surface area contributed by atoms with Crippen LogP contribution < -0.4 is 15.0 Å². The minimum Gasteiger partial charge on any atom is -0.457 e. The number of fused-ring (bicyclic) bond motifs is 2. The number of carbonyl (C=O) groups excluding carboxylic acids is 1. The van der Waals surface area contributed by atoms with Crippen LogP contribution in [0.4, 0.5) is 22.0 Å². The molecule has 3 heterocycles. The summed E-state index contributed by atoms with van der Waals surface area (Å²) in [7, 11) is 0. The van der Waals surface area contributed by atoms with Gasteiger partial charge in [0.25, 0.3) is 0 Å². The maximum atomic E-state index is 12.5. The smallest absolute Gasteiger partial charge is 0.410 e. The van der Waals surface area contributed by atoms with Crippen molar-refractivity contribution in [3.8, 4) is 28.8 Å². The third-order valence-electron chi connectivity index (χ3n) is 7.41. The van der Waals surface area contributed by atoms with Crippen LogP contribution in [0.1, 0.15) is 31.9 Å². The second-order valence-corrected chi connectivity index (χ2v) is 11.5. The number of hydrogen-bond donors (Lipinski definition) is 1. The molecule has 2 aliphatic rings. The summed E-state index contributed by atoms with van der Waals surface area (Å²) in [5.74, 6) is 2.18. The van der Waals surface area contributed by atoms with Crippen molar-refractivity contribution in [1.82, 2.24) is 14.7 Å². The molecule has 0 radical (unpaired) electrons. The van der Waals surface area contributed by atoms with E-state index in [2.05, 4.69) is 34.5 Å². The third kappa shape index (κ3) is 5.75. The van der Waals surface area contributed by atoms with Crippen LogP contribution >= 0.6 is 0 Å². The Morgan fingerprint density at radius 1 is 0.929 bits per heavy atom. The zero-order chi connectivity index (χ0) is 29.3. The zero-order valence-corrected chi connectivity index (χ0v) is 24.1. The number of benzene rings is 3. The lowest BCUT2D eigenvalue weighted by molar-refractivity contribution is 0.0240. The topological polar surface area (TPSA) is 95.7 Å². The standard InChI is InChI=1S/C33H34N6O3/c1-33(2,3)42-32(40)38-19-17-37(18-20-38)25-12-9-23-15-16-39-31(35-29(23)21-25)28(22-34)30(36-39)24-10-13-27(14-11-24)41-26-7-5-4-6-8-26/h4-14,21,35H,15-20H2,1-3H3. The van der Waals surface area contributed by atoms with Gasteiger partial charge in [0, 0.05) is 49.7 Å². The first-order valence-electron chi connectivity index (χ1n) is 14.2. The van der Waals surface area contributed by atoms with Crippen molar-refractivity contribution >= 4 is 23.3 Å². The summed E-state index contributed by atoms with van der Waals surface area (Å²) in [6.07, 6.45) is 0.523. The molecule has 0 aliphatic carbocycles. The first-order chi connectivity index (χ1) is 20.3. The summed E-state index contributed by atoms with van der Waals surface area (Å²) in [5, 5.41) is 18.6. The number of hydrogen-bond acceptors (Lipinski definition) is 7. The summed E-state index contributed by atoms with van der Waals surface area (Å²) < 4.78 is 13.4. The van der Waals surface area contributed by atoms with Crippen LogP contribution in [0.5, 0.6) is 11.5 Å². The van der Waals surface area contributed by atoms with Gasteiger partial charge in [-0.2, -0.15) is 10.4 Å². The lowest BCUT2D eigenvalue weighted by Gasteiger charge is -2.37. The minimum absolute atomic E-state index is 0.266. The molecule has 0 spiro atoms. The maximum Gasteiger partial charge on any atom is 0.410 e. The van der Waals surface area contributed by atoms with Gasteiger partial charge in [0.1, 0.15) is 40.2 Å². The molecule has 1 fully saturated rings. The molecule has 0 unspecified atom stereocenters. The van der Waals surface area contributed by atoms with E-state index >= 15 is 0 Å². The first-order valence-corrected chi connectivity index (χ1v) is 14.2. The Bertz CT molecular complexity index is 1630. The van der Waals surface area contributed by atoms with E-state index in [0.29, 0.717) is 49.8 Å². The summed E-state index contributed by atoms with van der Waals surface area (Å²) in [6.45, 7) is 8.94. The number of piperazine rings is 1. The number of nitriles is 1. The molecule has 1 aromatic heterocycles. The van der Waals surface area contributed by atoms with Crippen molar-refractivity contribution in [3.63, 3.8) is 0 Å². The number of aryl methyl sites for hydroxylation is 2. The fourth-order valence-corrected chi connectivity index (χ4v) is 5.29. The third-order valence-corrected chi connectivity index (χ3v) is 7.41. The quantitative estimate of drug-likeness (QED) is 0.301. The van der Waals surface area contributed by atoms with Gasteiger partial charge in [0.15, 0.2) is 0 Å². The van der Waals surface area contributed by atoms with E-state index in [1.807, 2.05) is 80.1 Å². The lowest BCUT2D eigenvalue weighted by atomic mass is 10.1. The van der Waals surface area contributed by atoms with Gasteiger partial charge in [-0.3, -0.25) is 0 Å². The van der Waals surface area contributed by atoms with E-state index in [9.17, 15) is 10.1 Å². The van der Waals surface area contributed by atoms with Gasteiger partial charge in [-0.25, -0.2) is 9.48 Å². The van der Waals surface area contributed by atoms with Gasteiger partial charge in [-0.15, -0.1) is 0 Å². The van der Waals surface area contributed by atoms with Crippen molar-refractivity contribution in [2.45, 2.75) is 39.3 Å². The van der Waals surface area contributed by atoms with Gasteiger partial charge in [0.2, 0.25) is 0 Å². The molecule has 1 saturated heterocycles. The number of aromatic nitrogens is 2. The van der Waals surface area contributed by atoms with Crippen molar-refractivity contribution in [1.29, 1.82) is 5.26 Å². The van der Waals surface area contributed by atoms with E-state index in [0.717, 1.165) is 34.9 Å². The van der Waals surface area contributed by atoms with Crippen molar-refractivity contribution in [2.75, 3.05) is 36.4 Å². The minimum atomic E-state index is -0.508. The number of amides is 1. The van der Waals surface area contributed by atoms with E-state index in [4.69, 9.17) is 14.6 Å². The van der Waals surface area contributed by atoms with Gasteiger partial charge >= 0.3 is 6.09 Å². The lowest BCUT2D eigenvalue weighted by Crippen LogP contribution is -2.50. The molecule has 2 aliphatic heterocycles. The van der Waals surface area contributed by atoms with Crippen LogP contribution in [0.15, 0.2) is 72.8 Å². The Kier molecular flexibility index (Phi) is 7.21. The van der Waals surface area contributed by atoms with E-state index in [-0.39, 0.29) is 6.09 Å². The van der Waals surface area contributed by atoms with E-state index < -0.39 is 5.60 Å². The number of para-hydroxylation sites is 1. The van der Waals surface area contributed by atoms with Crippen molar-refractivity contribution < 1.29 is 14.3 Å². The molecule has 9 nitrogen and oxygen atoms in total. The molecule has 9 heteroatoms. The zero-order valence-electron chi connectivity index (χ0n) is 24.1. The van der Waals surface area contributed by atoms with Crippen LogP contribution in [0.2, 0.25) is 0 Å². The summed E-state index contributed by atoms with van der Waals surface area (Å²) in [4.78, 5) is 16.5. The van der Waals surface area contributed by atoms with Crippen molar-refractivity contribution in [3.05, 3.63) is 83.9 Å². The van der Waals surface area contributed by atoms with Crippen molar-refractivity contribution in [2.24, 2.45) is 0 Å². The van der Waals surface area contributed by atoms with Gasteiger partial charge in [0.05, 0.1) is 0 Å². The Morgan fingerprint density at radius 2 is 1.64 bits per heavy atom. The van der Waals surface area contributed by atoms with Crippen LogP contribution in [0.3, 0.4) is 0 Å². The SMILES string of the molecule is CC(C)(C)OC(=O)N1CCN(c2ccc3c(c2)Nc2c(C#N)c(-c4ccc(Oc5ccccc5)cc4)nn2CC3)CC1. The van der Waals surface area contributed by atoms with Gasteiger partial charge in [-0.1, -0.05) is 24.3 Å². The van der Waals surface area contributed by atoms with E-state index in [1.54, 1.807) is 4.90 Å². The molecular formula is C33H34N6O3. The number of rotatable bonds is 4. The largest absolute Gasteiger partial charge is 0.457 e. The molecule has 4 aromatic rings. The Labute approximate surface area is 245 Å². The highest BCUT2D eigenvalue weighted by Gasteiger charge is 2.27. The fraction of sp³-hybridized carbons (Fsp3) is 0.303.